The van der Waals surface area contributed by atoms with E-state index in [-0.39, 0.29) is 11.4 Å². The first-order valence-electron chi connectivity index (χ1n) is 9.15. The molecule has 1 unspecified atom stereocenters. The van der Waals surface area contributed by atoms with Gasteiger partial charge in [0, 0.05) is 24.4 Å². The molecule has 2 aromatic rings. The van der Waals surface area contributed by atoms with E-state index in [9.17, 15) is 4.79 Å². The molecule has 138 valence electrons. The minimum absolute atomic E-state index is 0.0662. The van der Waals surface area contributed by atoms with Crippen molar-refractivity contribution in [2.75, 3.05) is 33.0 Å². The zero-order chi connectivity index (χ0) is 18.1. The van der Waals surface area contributed by atoms with Crippen LogP contribution in [0.2, 0.25) is 0 Å². The van der Waals surface area contributed by atoms with Crippen LogP contribution in [0.15, 0.2) is 30.3 Å². The fraction of sp³-hybridized carbons (Fsp3) is 0.500. The fourth-order valence-electron chi connectivity index (χ4n) is 3.89. The van der Waals surface area contributed by atoms with Crippen molar-refractivity contribution in [3.63, 3.8) is 0 Å². The first-order valence-corrected chi connectivity index (χ1v) is 9.15. The van der Waals surface area contributed by atoms with E-state index in [1.807, 2.05) is 40.8 Å². The second-order valence-electron chi connectivity index (χ2n) is 7.32. The summed E-state index contributed by atoms with van der Waals surface area (Å²) in [6.07, 6.45) is 0.842. The molecule has 2 aliphatic heterocycles. The largest absolute Gasteiger partial charge is 0.379 e. The molecule has 0 aliphatic carbocycles. The van der Waals surface area contributed by atoms with Gasteiger partial charge >= 0.3 is 0 Å². The Balaban J connectivity index is 1.51. The van der Waals surface area contributed by atoms with Gasteiger partial charge < -0.3 is 14.4 Å². The summed E-state index contributed by atoms with van der Waals surface area (Å²) < 4.78 is 13.2. The number of hydrogen-bond acceptors (Lipinski definition) is 4. The molecular formula is C20H25N3O3. The number of nitrogens with zero attached hydrogens (tertiary/aromatic N) is 3. The highest BCUT2D eigenvalue weighted by atomic mass is 16.5. The molecule has 0 N–H and O–H groups in total. The maximum Gasteiger partial charge on any atom is 0.254 e. The number of rotatable bonds is 3. The number of carbonyl (C=O) groups excluding carboxylic acids is 1. The minimum atomic E-state index is -0.294. The Bertz CT molecular complexity index is 791. The quantitative estimate of drug-likeness (QED) is 0.847. The first kappa shape index (κ1) is 17.2. The summed E-state index contributed by atoms with van der Waals surface area (Å²) in [5.74, 6) is 0.0662. The van der Waals surface area contributed by atoms with Gasteiger partial charge in [-0.05, 0) is 44.0 Å². The molecule has 26 heavy (non-hydrogen) atoms. The lowest BCUT2D eigenvalue weighted by Crippen LogP contribution is -2.59. The lowest BCUT2D eigenvalue weighted by atomic mass is 9.94. The molecule has 2 fully saturated rings. The zero-order valence-corrected chi connectivity index (χ0v) is 15.4. The summed E-state index contributed by atoms with van der Waals surface area (Å²) in [6, 6.07) is 9.94. The lowest BCUT2D eigenvalue weighted by Gasteiger charge is -2.43. The van der Waals surface area contributed by atoms with Gasteiger partial charge in [0.25, 0.3) is 5.91 Å². The van der Waals surface area contributed by atoms with E-state index < -0.39 is 0 Å². The molecule has 0 bridgehead atoms. The van der Waals surface area contributed by atoms with E-state index in [1.54, 1.807) is 0 Å². The van der Waals surface area contributed by atoms with Gasteiger partial charge in [-0.25, -0.2) is 0 Å². The summed E-state index contributed by atoms with van der Waals surface area (Å²) in [4.78, 5) is 15.0. The molecule has 1 aromatic heterocycles. The maximum atomic E-state index is 13.1. The summed E-state index contributed by atoms with van der Waals surface area (Å²) in [5.41, 5.74) is 3.71. The van der Waals surface area contributed by atoms with Crippen molar-refractivity contribution < 1.29 is 14.3 Å². The molecule has 3 heterocycles. The van der Waals surface area contributed by atoms with Crippen LogP contribution < -0.4 is 0 Å². The van der Waals surface area contributed by atoms with Crippen LogP contribution in [0.4, 0.5) is 0 Å². The average Bonchev–Trinajstić information content (AvgIpc) is 3.22. The van der Waals surface area contributed by atoms with Crippen LogP contribution in [0.1, 0.15) is 33.7 Å². The van der Waals surface area contributed by atoms with E-state index in [0.717, 1.165) is 28.9 Å². The zero-order valence-electron chi connectivity index (χ0n) is 15.4. The molecule has 1 amide bonds. The molecule has 6 heteroatoms. The van der Waals surface area contributed by atoms with E-state index in [4.69, 9.17) is 9.47 Å². The number of morpholine rings is 1. The summed E-state index contributed by atoms with van der Waals surface area (Å²) in [7, 11) is 0. The molecule has 4 rings (SSSR count). The Hall–Kier alpha value is -2.18. The molecule has 6 nitrogen and oxygen atoms in total. The average molecular weight is 355 g/mol. The second-order valence-corrected chi connectivity index (χ2v) is 7.32. The Morgan fingerprint density at radius 2 is 1.88 bits per heavy atom. The number of carbonyl (C=O) groups is 1. The number of aromatic nitrogens is 2. The van der Waals surface area contributed by atoms with Gasteiger partial charge in [0.15, 0.2) is 0 Å². The third kappa shape index (κ3) is 3.15. The first-order chi connectivity index (χ1) is 12.6. The predicted octanol–water partition coefficient (Wildman–Crippen LogP) is 2.18. The van der Waals surface area contributed by atoms with Crippen molar-refractivity contribution in [3.05, 3.63) is 52.8 Å². The number of amides is 1. The topological polar surface area (TPSA) is 56.6 Å². The van der Waals surface area contributed by atoms with Crippen LogP contribution in [-0.4, -0.2) is 59.1 Å². The van der Waals surface area contributed by atoms with Gasteiger partial charge in [-0.3, -0.25) is 9.48 Å². The number of benzene rings is 1. The Morgan fingerprint density at radius 3 is 2.54 bits per heavy atom. The van der Waals surface area contributed by atoms with Crippen molar-refractivity contribution >= 4 is 5.91 Å². The van der Waals surface area contributed by atoms with Crippen molar-refractivity contribution in [3.8, 4) is 0 Å². The van der Waals surface area contributed by atoms with Crippen LogP contribution in [0.25, 0.3) is 0 Å². The highest BCUT2D eigenvalue weighted by Gasteiger charge is 2.45. The third-order valence-corrected chi connectivity index (χ3v) is 5.37. The van der Waals surface area contributed by atoms with Crippen LogP contribution in [0.5, 0.6) is 0 Å². The summed E-state index contributed by atoms with van der Waals surface area (Å²) >= 11 is 0. The Morgan fingerprint density at radius 1 is 1.15 bits per heavy atom. The molecule has 1 aromatic carbocycles. The summed E-state index contributed by atoms with van der Waals surface area (Å²) in [6.45, 7) is 7.79. The van der Waals surface area contributed by atoms with Gasteiger partial charge in [-0.1, -0.05) is 12.1 Å². The van der Waals surface area contributed by atoms with Gasteiger partial charge in [0.1, 0.15) is 0 Å². The Labute approximate surface area is 153 Å². The van der Waals surface area contributed by atoms with Gasteiger partial charge in [0.05, 0.1) is 37.6 Å². The van der Waals surface area contributed by atoms with Crippen LogP contribution in [0, 0.1) is 13.8 Å². The van der Waals surface area contributed by atoms with Crippen molar-refractivity contribution in [2.24, 2.45) is 0 Å². The smallest absolute Gasteiger partial charge is 0.254 e. The van der Waals surface area contributed by atoms with Gasteiger partial charge in [-0.15, -0.1) is 0 Å². The molecule has 0 radical (unpaired) electrons. The number of hydrogen-bond donors (Lipinski definition) is 0. The molecule has 1 spiro atoms. The highest BCUT2D eigenvalue weighted by molar-refractivity contribution is 5.95. The number of aryl methyl sites for hydroxylation is 2. The van der Waals surface area contributed by atoms with Gasteiger partial charge in [0.2, 0.25) is 0 Å². The van der Waals surface area contributed by atoms with Crippen molar-refractivity contribution in [1.82, 2.24) is 14.7 Å². The molecular weight excluding hydrogens is 330 g/mol. The molecule has 2 aliphatic rings. The molecule has 2 saturated heterocycles. The van der Waals surface area contributed by atoms with Crippen LogP contribution in [-0.2, 0) is 16.0 Å². The third-order valence-electron chi connectivity index (χ3n) is 5.37. The molecule has 0 saturated carbocycles. The van der Waals surface area contributed by atoms with E-state index in [0.29, 0.717) is 39.5 Å². The number of ether oxygens (including phenoxy) is 2. The van der Waals surface area contributed by atoms with Crippen molar-refractivity contribution in [1.29, 1.82) is 0 Å². The monoisotopic (exact) mass is 355 g/mol. The van der Waals surface area contributed by atoms with E-state index in [1.165, 1.54) is 0 Å². The molecule has 1 atom stereocenters. The minimum Gasteiger partial charge on any atom is -0.379 e. The fourth-order valence-corrected chi connectivity index (χ4v) is 3.89. The maximum absolute atomic E-state index is 13.1. The lowest BCUT2D eigenvalue weighted by molar-refractivity contribution is -0.0551. The van der Waals surface area contributed by atoms with Crippen molar-refractivity contribution in [2.45, 2.75) is 32.4 Å². The predicted molar refractivity (Wildman–Crippen MR) is 97.3 cm³/mol. The normalized spacial score (nSPS) is 22.9. The SMILES string of the molecule is Cc1cc(C)n(Cc2ccc(C(=O)N3CCOCC34CCOC4)cc2)n1. The van der Waals surface area contributed by atoms with Crippen LogP contribution >= 0.6 is 0 Å². The Kier molecular flexibility index (Phi) is 4.54. The second kappa shape index (κ2) is 6.85. The van der Waals surface area contributed by atoms with E-state index in [2.05, 4.69) is 18.1 Å². The van der Waals surface area contributed by atoms with Crippen LogP contribution in [0.3, 0.4) is 0 Å². The summed E-state index contributed by atoms with van der Waals surface area (Å²) in [5, 5.41) is 4.50. The van der Waals surface area contributed by atoms with Gasteiger partial charge in [-0.2, -0.15) is 5.10 Å². The van der Waals surface area contributed by atoms with E-state index >= 15 is 0 Å². The highest BCUT2D eigenvalue weighted by Crippen LogP contribution is 2.30. The standard InChI is InChI=1S/C20H25N3O3/c1-15-11-16(2)23(21-15)12-17-3-5-18(6-4-17)19(24)22-8-10-26-14-20(22)7-9-25-13-20/h3-6,11H,7-10,12-14H2,1-2H3.